The largest absolute Gasteiger partial charge is 0.473 e. The number of nitrogens with zero attached hydrogens (tertiary/aromatic N) is 2. The van der Waals surface area contributed by atoms with E-state index in [0.717, 1.165) is 19.3 Å². The topological polar surface area (TPSA) is 82.3 Å². The Balaban J connectivity index is 1.89. The monoisotopic (exact) mass is 310 g/mol. The van der Waals surface area contributed by atoms with Crippen LogP contribution in [0.1, 0.15) is 19.3 Å². The van der Waals surface area contributed by atoms with E-state index in [2.05, 4.69) is 4.98 Å². The van der Waals surface area contributed by atoms with Gasteiger partial charge in [-0.3, -0.25) is 14.9 Å². The Labute approximate surface area is 125 Å². The molecule has 20 heavy (non-hydrogen) atoms. The minimum absolute atomic E-state index is 0.0326. The van der Waals surface area contributed by atoms with Crippen molar-refractivity contribution in [3.63, 3.8) is 0 Å². The maximum absolute atomic E-state index is 10.7. The fourth-order valence-electron chi connectivity index (χ4n) is 1.69. The molecule has 0 saturated heterocycles. The van der Waals surface area contributed by atoms with E-state index in [9.17, 15) is 14.9 Å². The van der Waals surface area contributed by atoms with Gasteiger partial charge in [0.25, 0.3) is 5.69 Å². The van der Waals surface area contributed by atoms with Crippen molar-refractivity contribution in [3.05, 3.63) is 28.4 Å². The molecule has 1 heterocycles. The predicted octanol–water partition coefficient (Wildman–Crippen LogP) is 2.96. The molecule has 1 saturated carbocycles. The van der Waals surface area contributed by atoms with Crippen molar-refractivity contribution in [1.82, 2.24) is 4.98 Å². The van der Waals surface area contributed by atoms with Gasteiger partial charge in [-0.15, -0.1) is 0 Å². The first kappa shape index (κ1) is 15.2. The van der Waals surface area contributed by atoms with Gasteiger partial charge in [-0.25, -0.2) is 4.98 Å². The van der Waals surface area contributed by atoms with Gasteiger partial charge >= 0.3 is 0 Å². The summed E-state index contributed by atoms with van der Waals surface area (Å²) < 4.78 is 4.76. The molecule has 0 amide bonds. The molecule has 2 radical (unpaired) electrons. The molecular formula is C11H11BN2O4S2. The Kier molecular flexibility index (Phi) is 4.93. The third-order valence-electron chi connectivity index (χ3n) is 2.98. The number of pyridine rings is 1. The SMILES string of the molecule is [B]C(=O)OCC1(SSc2ccc([N+](=O)[O-])cn2)CCC1. The highest BCUT2D eigenvalue weighted by molar-refractivity contribution is 8.77. The third kappa shape index (κ3) is 3.89. The van der Waals surface area contributed by atoms with Gasteiger partial charge < -0.3 is 4.74 Å². The molecule has 9 heteroatoms. The Bertz CT molecular complexity index is 508. The average molecular weight is 310 g/mol. The Hall–Kier alpha value is -1.22. The van der Waals surface area contributed by atoms with Crippen LogP contribution in [0.3, 0.4) is 0 Å². The average Bonchev–Trinajstić information content (AvgIpc) is 2.37. The number of rotatable bonds is 6. The minimum atomic E-state index is -0.768. The smallest absolute Gasteiger partial charge is 0.287 e. The van der Waals surface area contributed by atoms with E-state index >= 15 is 0 Å². The minimum Gasteiger partial charge on any atom is -0.473 e. The molecule has 0 N–H and O–H groups in total. The zero-order valence-corrected chi connectivity index (χ0v) is 12.1. The Morgan fingerprint density at radius 3 is 2.75 bits per heavy atom. The number of aromatic nitrogens is 1. The summed E-state index contributed by atoms with van der Waals surface area (Å²) in [6.45, 7) is 0.285. The summed E-state index contributed by atoms with van der Waals surface area (Å²) in [6, 6.07) is 3.03. The molecule has 2 rings (SSSR count). The van der Waals surface area contributed by atoms with E-state index in [-0.39, 0.29) is 17.0 Å². The van der Waals surface area contributed by atoms with Crippen molar-refractivity contribution in [1.29, 1.82) is 0 Å². The summed E-state index contributed by atoms with van der Waals surface area (Å²) in [5.41, 5.74) is -0.0326. The van der Waals surface area contributed by atoms with Crippen molar-refractivity contribution < 1.29 is 14.5 Å². The van der Waals surface area contributed by atoms with Crippen molar-refractivity contribution in [2.75, 3.05) is 6.61 Å². The maximum Gasteiger partial charge on any atom is 0.287 e. The summed E-state index contributed by atoms with van der Waals surface area (Å²) in [5, 5.41) is 11.2. The van der Waals surface area contributed by atoms with Gasteiger partial charge in [0, 0.05) is 6.07 Å². The van der Waals surface area contributed by atoms with Crippen molar-refractivity contribution in [2.45, 2.75) is 29.0 Å². The first-order valence-corrected chi connectivity index (χ1v) is 8.04. The summed E-state index contributed by atoms with van der Waals surface area (Å²) in [7, 11) is 7.97. The predicted molar refractivity (Wildman–Crippen MR) is 78.0 cm³/mol. The highest BCUT2D eigenvalue weighted by Gasteiger charge is 2.39. The molecule has 1 aromatic heterocycles. The van der Waals surface area contributed by atoms with Crippen molar-refractivity contribution in [3.8, 4) is 0 Å². The Morgan fingerprint density at radius 1 is 1.55 bits per heavy atom. The standard InChI is InChI=1S/C11H11BN2O4S2/c12-10(15)18-7-11(4-1-5-11)20-19-9-3-2-8(6-13-9)14(16)17/h2-3,6H,1,4-5,7H2. The summed E-state index contributed by atoms with van der Waals surface area (Å²) >= 11 is 0. The zero-order chi connectivity index (χ0) is 14.6. The van der Waals surface area contributed by atoms with E-state index in [4.69, 9.17) is 12.6 Å². The van der Waals surface area contributed by atoms with Crippen LogP contribution in [0, 0.1) is 10.1 Å². The summed E-state index contributed by atoms with van der Waals surface area (Å²) in [4.78, 5) is 24.7. The molecular weight excluding hydrogens is 299 g/mol. The number of nitro groups is 1. The fourth-order valence-corrected chi connectivity index (χ4v) is 4.46. The number of carbonyl (C=O) groups excluding carboxylic acids is 1. The van der Waals surface area contributed by atoms with E-state index in [1.54, 1.807) is 16.9 Å². The van der Waals surface area contributed by atoms with Gasteiger partial charge in [0.15, 0.2) is 0 Å². The lowest BCUT2D eigenvalue weighted by atomic mass is 9.85. The molecule has 0 aromatic carbocycles. The molecule has 0 bridgehead atoms. The van der Waals surface area contributed by atoms with Crippen LogP contribution in [0.5, 0.6) is 0 Å². The van der Waals surface area contributed by atoms with Crippen LogP contribution in [0.2, 0.25) is 0 Å². The molecule has 0 unspecified atom stereocenters. The maximum atomic E-state index is 10.7. The van der Waals surface area contributed by atoms with Crippen LogP contribution in [-0.2, 0) is 4.74 Å². The highest BCUT2D eigenvalue weighted by atomic mass is 33.1. The molecule has 0 atom stereocenters. The molecule has 104 valence electrons. The molecule has 6 nitrogen and oxygen atoms in total. The van der Waals surface area contributed by atoms with Gasteiger partial charge in [-0.1, -0.05) is 17.2 Å². The second kappa shape index (κ2) is 6.49. The second-order valence-electron chi connectivity index (χ2n) is 4.42. The molecule has 0 spiro atoms. The quantitative estimate of drug-likeness (QED) is 0.346. The number of hydrogen-bond donors (Lipinski definition) is 0. The van der Waals surface area contributed by atoms with Crippen LogP contribution < -0.4 is 0 Å². The second-order valence-corrected chi connectivity index (χ2v) is 7.04. The van der Waals surface area contributed by atoms with Crippen molar-refractivity contribution >= 4 is 41.0 Å². The summed E-state index contributed by atoms with van der Waals surface area (Å²) in [5.74, 6) is -0.768. The molecule has 1 aliphatic carbocycles. The van der Waals surface area contributed by atoms with Crippen molar-refractivity contribution in [2.24, 2.45) is 0 Å². The normalized spacial score (nSPS) is 16.2. The molecule has 0 aliphatic heterocycles. The van der Waals surface area contributed by atoms with Gasteiger partial charge in [0.1, 0.15) is 17.8 Å². The lowest BCUT2D eigenvalue weighted by molar-refractivity contribution is -0.385. The summed E-state index contributed by atoms with van der Waals surface area (Å²) in [6.07, 6.45) is 4.22. The zero-order valence-electron chi connectivity index (χ0n) is 10.5. The van der Waals surface area contributed by atoms with E-state index in [1.807, 2.05) is 0 Å². The highest BCUT2D eigenvalue weighted by Crippen LogP contribution is 2.51. The molecule has 1 aliphatic rings. The first-order chi connectivity index (χ1) is 9.51. The number of ether oxygens (including phenoxy) is 1. The molecule has 1 fully saturated rings. The van der Waals surface area contributed by atoms with Crippen LogP contribution in [0.15, 0.2) is 23.4 Å². The Morgan fingerprint density at radius 2 is 2.30 bits per heavy atom. The van der Waals surface area contributed by atoms with Crippen LogP contribution in [-0.4, -0.2) is 35.0 Å². The molecule has 1 aromatic rings. The fraction of sp³-hybridized carbons (Fsp3) is 0.455. The lowest BCUT2D eigenvalue weighted by Crippen LogP contribution is -2.38. The number of carbonyl (C=O) groups is 1. The van der Waals surface area contributed by atoms with Crippen LogP contribution in [0.25, 0.3) is 0 Å². The van der Waals surface area contributed by atoms with Crippen LogP contribution >= 0.6 is 21.6 Å². The van der Waals surface area contributed by atoms with Gasteiger partial charge in [-0.2, -0.15) is 0 Å². The van der Waals surface area contributed by atoms with E-state index < -0.39 is 10.8 Å². The lowest BCUT2D eigenvalue weighted by Gasteiger charge is -2.39. The third-order valence-corrected chi connectivity index (χ3v) is 6.18. The first-order valence-electron chi connectivity index (χ1n) is 5.89. The van der Waals surface area contributed by atoms with Gasteiger partial charge in [0.05, 0.1) is 9.67 Å². The van der Waals surface area contributed by atoms with E-state index in [0.29, 0.717) is 5.03 Å². The van der Waals surface area contributed by atoms with Gasteiger partial charge in [0.2, 0.25) is 13.7 Å². The number of hydrogen-bond acceptors (Lipinski definition) is 7. The van der Waals surface area contributed by atoms with Crippen LogP contribution in [0.4, 0.5) is 10.5 Å². The van der Waals surface area contributed by atoms with Gasteiger partial charge in [-0.05, 0) is 29.7 Å². The van der Waals surface area contributed by atoms with E-state index in [1.165, 1.54) is 23.1 Å².